The van der Waals surface area contributed by atoms with Crippen LogP contribution in [0.4, 0.5) is 5.69 Å². The molecule has 0 aliphatic carbocycles. The van der Waals surface area contributed by atoms with Crippen LogP contribution in [0.1, 0.15) is 48.6 Å². The highest BCUT2D eigenvalue weighted by Crippen LogP contribution is 2.27. The standard InChI is InChI=1S/C24H27Cl2N5O2S/c1-5-31-22(21(14(2)3)28-23(33)16-8-6-7-15(4)11-16)29-30-24(31)34-13-20(32)27-17-9-10-18(25)19(26)12-17/h6-12,14,21H,5,13H2,1-4H3,(H,27,32)(H,28,33)/t21-/m1/s1. The molecule has 0 aliphatic rings. The van der Waals surface area contributed by atoms with Crippen LogP contribution in [0.15, 0.2) is 47.6 Å². The van der Waals surface area contributed by atoms with E-state index in [1.165, 1.54) is 11.8 Å². The predicted molar refractivity (Wildman–Crippen MR) is 138 cm³/mol. The van der Waals surface area contributed by atoms with Crippen LogP contribution < -0.4 is 10.6 Å². The molecule has 7 nitrogen and oxygen atoms in total. The van der Waals surface area contributed by atoms with E-state index in [1.807, 2.05) is 50.5 Å². The number of anilines is 1. The number of carbonyl (C=O) groups is 2. The zero-order valence-corrected chi connectivity index (χ0v) is 21.8. The largest absolute Gasteiger partial charge is 0.342 e. The van der Waals surface area contributed by atoms with Crippen molar-refractivity contribution in [2.45, 2.75) is 45.4 Å². The number of carbonyl (C=O) groups excluding carboxylic acids is 2. The van der Waals surface area contributed by atoms with Gasteiger partial charge in [-0.05, 0) is 50.1 Å². The number of thioether (sulfide) groups is 1. The molecule has 0 unspecified atom stereocenters. The first kappa shape index (κ1) is 26.1. The summed E-state index contributed by atoms with van der Waals surface area (Å²) in [4.78, 5) is 25.3. The van der Waals surface area contributed by atoms with Gasteiger partial charge in [-0.25, -0.2) is 0 Å². The molecule has 180 valence electrons. The highest BCUT2D eigenvalue weighted by atomic mass is 35.5. The smallest absolute Gasteiger partial charge is 0.251 e. The number of hydrogen-bond donors (Lipinski definition) is 2. The van der Waals surface area contributed by atoms with Crippen molar-refractivity contribution in [3.63, 3.8) is 0 Å². The molecule has 1 atom stereocenters. The van der Waals surface area contributed by atoms with Gasteiger partial charge in [0.15, 0.2) is 11.0 Å². The lowest BCUT2D eigenvalue weighted by atomic mass is 10.0. The fourth-order valence-corrected chi connectivity index (χ4v) is 4.48. The molecule has 1 heterocycles. The Kier molecular flexibility index (Phi) is 8.99. The van der Waals surface area contributed by atoms with Crippen LogP contribution in [-0.4, -0.2) is 32.3 Å². The van der Waals surface area contributed by atoms with Gasteiger partial charge >= 0.3 is 0 Å². The third-order valence-electron chi connectivity index (χ3n) is 5.11. The van der Waals surface area contributed by atoms with Gasteiger partial charge in [-0.3, -0.25) is 9.59 Å². The van der Waals surface area contributed by atoms with E-state index in [0.29, 0.717) is 38.8 Å². The summed E-state index contributed by atoms with van der Waals surface area (Å²) >= 11 is 13.2. The van der Waals surface area contributed by atoms with Crippen molar-refractivity contribution >= 4 is 52.5 Å². The van der Waals surface area contributed by atoms with E-state index >= 15 is 0 Å². The molecular weight excluding hydrogens is 493 g/mol. The SMILES string of the molecule is CCn1c(SCC(=O)Nc2ccc(Cl)c(Cl)c2)nnc1[C@H](NC(=O)c1cccc(C)c1)C(C)C. The lowest BCUT2D eigenvalue weighted by Crippen LogP contribution is -2.33. The Morgan fingerprint density at radius 3 is 2.50 bits per heavy atom. The summed E-state index contributed by atoms with van der Waals surface area (Å²) in [5.74, 6) is 0.511. The van der Waals surface area contributed by atoms with Crippen molar-refractivity contribution in [3.05, 3.63) is 69.5 Å². The van der Waals surface area contributed by atoms with E-state index in [0.717, 1.165) is 5.56 Å². The second-order valence-electron chi connectivity index (χ2n) is 8.12. The Balaban J connectivity index is 1.71. The summed E-state index contributed by atoms with van der Waals surface area (Å²) < 4.78 is 1.93. The number of nitrogens with zero attached hydrogens (tertiary/aromatic N) is 3. The lowest BCUT2D eigenvalue weighted by molar-refractivity contribution is -0.113. The number of halogens is 2. The number of hydrogen-bond acceptors (Lipinski definition) is 5. The molecule has 10 heteroatoms. The zero-order valence-electron chi connectivity index (χ0n) is 19.4. The summed E-state index contributed by atoms with van der Waals surface area (Å²) in [5, 5.41) is 16.0. The second-order valence-corrected chi connectivity index (χ2v) is 9.87. The van der Waals surface area contributed by atoms with Gasteiger partial charge in [-0.2, -0.15) is 0 Å². The van der Waals surface area contributed by atoms with Crippen LogP contribution in [0.2, 0.25) is 10.0 Å². The molecule has 0 saturated carbocycles. The lowest BCUT2D eigenvalue weighted by Gasteiger charge is -2.22. The zero-order chi connectivity index (χ0) is 24.8. The molecule has 0 spiro atoms. The maximum atomic E-state index is 12.9. The molecule has 3 rings (SSSR count). The molecule has 1 aromatic heterocycles. The first-order chi connectivity index (χ1) is 16.2. The number of amides is 2. The van der Waals surface area contributed by atoms with Gasteiger partial charge in [-0.1, -0.05) is 66.5 Å². The van der Waals surface area contributed by atoms with Gasteiger partial charge < -0.3 is 15.2 Å². The minimum atomic E-state index is -0.333. The molecule has 2 amide bonds. The average Bonchev–Trinajstić information content (AvgIpc) is 3.20. The molecule has 2 N–H and O–H groups in total. The van der Waals surface area contributed by atoms with Crippen molar-refractivity contribution in [1.82, 2.24) is 20.1 Å². The second kappa shape index (κ2) is 11.7. The summed E-state index contributed by atoms with van der Waals surface area (Å²) in [5.41, 5.74) is 2.18. The number of benzene rings is 2. The number of rotatable bonds is 9. The normalized spacial score (nSPS) is 12.0. The number of aromatic nitrogens is 3. The quantitative estimate of drug-likeness (QED) is 0.350. The van der Waals surface area contributed by atoms with E-state index in [4.69, 9.17) is 23.2 Å². The molecule has 0 bridgehead atoms. The van der Waals surface area contributed by atoms with Crippen molar-refractivity contribution in [2.24, 2.45) is 5.92 Å². The Hall–Kier alpha value is -2.55. The molecule has 0 radical (unpaired) electrons. The monoisotopic (exact) mass is 519 g/mol. The van der Waals surface area contributed by atoms with Crippen molar-refractivity contribution in [1.29, 1.82) is 0 Å². The summed E-state index contributed by atoms with van der Waals surface area (Å²) in [6, 6.07) is 12.0. The Morgan fingerprint density at radius 1 is 1.09 bits per heavy atom. The van der Waals surface area contributed by atoms with E-state index in [1.54, 1.807) is 24.3 Å². The molecular formula is C24H27Cl2N5O2S. The molecule has 3 aromatic rings. The van der Waals surface area contributed by atoms with Crippen molar-refractivity contribution in [3.8, 4) is 0 Å². The summed E-state index contributed by atoms with van der Waals surface area (Å²) in [7, 11) is 0. The summed E-state index contributed by atoms with van der Waals surface area (Å²) in [6.45, 7) is 8.57. The third kappa shape index (κ3) is 6.52. The maximum Gasteiger partial charge on any atom is 0.251 e. The van der Waals surface area contributed by atoms with Crippen LogP contribution in [0, 0.1) is 12.8 Å². The van der Waals surface area contributed by atoms with E-state index in [9.17, 15) is 9.59 Å². The maximum absolute atomic E-state index is 12.9. The van der Waals surface area contributed by atoms with Crippen LogP contribution in [0.3, 0.4) is 0 Å². The van der Waals surface area contributed by atoms with Gasteiger partial charge in [-0.15, -0.1) is 10.2 Å². The Labute approximate surface area is 213 Å². The molecule has 2 aromatic carbocycles. The van der Waals surface area contributed by atoms with Crippen molar-refractivity contribution < 1.29 is 9.59 Å². The third-order valence-corrected chi connectivity index (χ3v) is 6.81. The fraction of sp³-hybridized carbons (Fsp3) is 0.333. The van der Waals surface area contributed by atoms with Gasteiger partial charge in [0.25, 0.3) is 5.91 Å². The molecule has 0 saturated heterocycles. The van der Waals surface area contributed by atoms with Crippen LogP contribution >= 0.6 is 35.0 Å². The number of nitrogens with one attached hydrogen (secondary N) is 2. The van der Waals surface area contributed by atoms with Gasteiger partial charge in [0.1, 0.15) is 0 Å². The minimum absolute atomic E-state index is 0.0825. The van der Waals surface area contributed by atoms with Gasteiger partial charge in [0, 0.05) is 17.8 Å². The van der Waals surface area contributed by atoms with Crippen LogP contribution in [-0.2, 0) is 11.3 Å². The van der Waals surface area contributed by atoms with Gasteiger partial charge in [0.05, 0.1) is 21.8 Å². The fourth-order valence-electron chi connectivity index (χ4n) is 3.38. The van der Waals surface area contributed by atoms with Crippen LogP contribution in [0.5, 0.6) is 0 Å². The highest BCUT2D eigenvalue weighted by molar-refractivity contribution is 7.99. The topological polar surface area (TPSA) is 88.9 Å². The first-order valence-electron chi connectivity index (χ1n) is 10.9. The van der Waals surface area contributed by atoms with E-state index in [2.05, 4.69) is 20.8 Å². The molecule has 0 fully saturated rings. The molecule has 34 heavy (non-hydrogen) atoms. The highest BCUT2D eigenvalue weighted by Gasteiger charge is 2.26. The summed E-state index contributed by atoms with van der Waals surface area (Å²) in [6.07, 6.45) is 0. The first-order valence-corrected chi connectivity index (χ1v) is 12.6. The number of aryl methyl sites for hydroxylation is 1. The Bertz CT molecular complexity index is 1180. The Morgan fingerprint density at radius 2 is 1.85 bits per heavy atom. The van der Waals surface area contributed by atoms with Crippen molar-refractivity contribution in [2.75, 3.05) is 11.1 Å². The predicted octanol–water partition coefficient (Wildman–Crippen LogP) is 5.77. The molecule has 0 aliphatic heterocycles. The van der Waals surface area contributed by atoms with Crippen LogP contribution in [0.25, 0.3) is 0 Å². The van der Waals surface area contributed by atoms with E-state index in [-0.39, 0.29) is 29.5 Å². The average molecular weight is 520 g/mol. The van der Waals surface area contributed by atoms with Gasteiger partial charge in [0.2, 0.25) is 5.91 Å². The minimum Gasteiger partial charge on any atom is -0.342 e. The van der Waals surface area contributed by atoms with E-state index < -0.39 is 0 Å².